The van der Waals surface area contributed by atoms with E-state index in [-0.39, 0.29) is 21.9 Å². The fourth-order valence-corrected chi connectivity index (χ4v) is 4.99. The van der Waals surface area contributed by atoms with E-state index in [4.69, 9.17) is 0 Å². The molecule has 180 valence electrons. The van der Waals surface area contributed by atoms with E-state index in [9.17, 15) is 31.5 Å². The molecule has 0 aliphatic carbocycles. The quantitative estimate of drug-likeness (QED) is 0.346. The van der Waals surface area contributed by atoms with Crippen LogP contribution in [0, 0.1) is 0 Å². The highest BCUT2D eigenvalue weighted by Gasteiger charge is 2.31. The normalized spacial score (nSPS) is 11.8. The molecule has 0 radical (unpaired) electrons. The molecule has 0 saturated carbocycles. The Morgan fingerprint density at radius 3 is 2.38 bits per heavy atom. The van der Waals surface area contributed by atoms with Crippen LogP contribution in [0.2, 0.25) is 0 Å². The van der Waals surface area contributed by atoms with Crippen LogP contribution < -0.4 is 9.46 Å². The van der Waals surface area contributed by atoms with E-state index < -0.39 is 22.4 Å². The summed E-state index contributed by atoms with van der Waals surface area (Å²) in [5, 5.41) is 9.33. The Kier molecular flexibility index (Phi) is 7.78. The lowest BCUT2D eigenvalue weighted by Crippen LogP contribution is -2.17. The van der Waals surface area contributed by atoms with Crippen molar-refractivity contribution in [2.75, 3.05) is 4.72 Å². The lowest BCUT2D eigenvalue weighted by atomic mass is 10.1. The highest BCUT2D eigenvalue weighted by Crippen LogP contribution is 2.28. The van der Waals surface area contributed by atoms with E-state index in [1.807, 2.05) is 0 Å². The van der Waals surface area contributed by atoms with Gasteiger partial charge in [-0.25, -0.2) is 13.2 Å². The first kappa shape index (κ1) is 25.4. The second-order valence-corrected chi connectivity index (χ2v) is 9.82. The van der Waals surface area contributed by atoms with Gasteiger partial charge in [0.25, 0.3) is 10.0 Å². The van der Waals surface area contributed by atoms with E-state index in [0.29, 0.717) is 23.3 Å². The molecule has 3 aromatic rings. The maximum atomic E-state index is 12.7. The molecular weight excluding hydrogens is 491 g/mol. The number of rotatable bonds is 9. The van der Waals surface area contributed by atoms with Gasteiger partial charge in [0, 0.05) is 16.3 Å². The zero-order valence-electron chi connectivity index (χ0n) is 17.8. The molecule has 3 rings (SSSR count). The molecule has 0 aromatic heterocycles. The Morgan fingerprint density at radius 1 is 1.06 bits per heavy atom. The number of benzene rings is 3. The van der Waals surface area contributed by atoms with Crippen molar-refractivity contribution in [2.24, 2.45) is 0 Å². The number of hydrogen-bond donors (Lipinski definition) is 2. The number of halogens is 3. The summed E-state index contributed by atoms with van der Waals surface area (Å²) in [7, 11) is -4.01. The summed E-state index contributed by atoms with van der Waals surface area (Å²) in [5.74, 6) is -1.12. The third-order valence-electron chi connectivity index (χ3n) is 4.65. The summed E-state index contributed by atoms with van der Waals surface area (Å²) in [5.41, 5.74) is 1.37. The second kappa shape index (κ2) is 10.4. The van der Waals surface area contributed by atoms with E-state index in [1.165, 1.54) is 42.1 Å². The lowest BCUT2D eigenvalue weighted by molar-refractivity contribution is -0.274. The SMILES string of the molecule is CCc1ccc(S(=O)(=O)Nc2ccc(SCc3cccc(OC(F)(F)F)c3)cc2)cc1C(=O)O. The number of alkyl halides is 3. The predicted molar refractivity (Wildman–Crippen MR) is 123 cm³/mol. The molecule has 11 heteroatoms. The second-order valence-electron chi connectivity index (χ2n) is 7.09. The minimum absolute atomic E-state index is 0.0678. The van der Waals surface area contributed by atoms with Crippen LogP contribution in [0.15, 0.2) is 76.5 Å². The van der Waals surface area contributed by atoms with Crippen molar-refractivity contribution >= 4 is 33.4 Å². The van der Waals surface area contributed by atoms with Crippen LogP contribution in [-0.4, -0.2) is 25.9 Å². The van der Waals surface area contributed by atoms with Gasteiger partial charge in [0.1, 0.15) is 5.75 Å². The molecule has 0 fully saturated rings. The van der Waals surface area contributed by atoms with Gasteiger partial charge >= 0.3 is 12.3 Å². The number of carboxylic acids is 1. The van der Waals surface area contributed by atoms with Crippen LogP contribution in [0.25, 0.3) is 0 Å². The molecule has 0 unspecified atom stereocenters. The van der Waals surface area contributed by atoms with Crippen molar-refractivity contribution < 1.29 is 36.2 Å². The molecule has 0 bridgehead atoms. The number of sulfonamides is 1. The van der Waals surface area contributed by atoms with Gasteiger partial charge < -0.3 is 9.84 Å². The number of aryl methyl sites for hydroxylation is 1. The van der Waals surface area contributed by atoms with Crippen molar-refractivity contribution in [3.63, 3.8) is 0 Å². The number of ether oxygens (including phenoxy) is 1. The third kappa shape index (κ3) is 6.91. The zero-order chi connectivity index (χ0) is 24.9. The Morgan fingerprint density at radius 2 is 1.76 bits per heavy atom. The molecule has 0 aliphatic heterocycles. The van der Waals surface area contributed by atoms with Crippen LogP contribution >= 0.6 is 11.8 Å². The van der Waals surface area contributed by atoms with Crippen molar-refractivity contribution in [2.45, 2.75) is 35.3 Å². The average Bonchev–Trinajstić information content (AvgIpc) is 2.77. The van der Waals surface area contributed by atoms with Crippen molar-refractivity contribution in [1.29, 1.82) is 0 Å². The summed E-state index contributed by atoms with van der Waals surface area (Å²) in [6.45, 7) is 1.78. The molecule has 2 N–H and O–H groups in total. The Labute approximate surface area is 198 Å². The van der Waals surface area contributed by atoms with Crippen molar-refractivity contribution in [3.8, 4) is 5.75 Å². The largest absolute Gasteiger partial charge is 0.573 e. The summed E-state index contributed by atoms with van der Waals surface area (Å²) in [6.07, 6.45) is -4.31. The third-order valence-corrected chi connectivity index (χ3v) is 7.11. The molecule has 3 aromatic carbocycles. The number of thioether (sulfide) groups is 1. The number of anilines is 1. The van der Waals surface area contributed by atoms with E-state index in [1.54, 1.807) is 37.3 Å². The highest BCUT2D eigenvalue weighted by molar-refractivity contribution is 7.98. The van der Waals surface area contributed by atoms with Gasteiger partial charge in [-0.15, -0.1) is 24.9 Å². The lowest BCUT2D eigenvalue weighted by Gasteiger charge is -2.11. The van der Waals surface area contributed by atoms with Crippen LogP contribution in [0.1, 0.15) is 28.4 Å². The molecule has 0 saturated heterocycles. The fraction of sp³-hybridized carbons (Fsp3) is 0.174. The summed E-state index contributed by atoms with van der Waals surface area (Å²) < 4.78 is 68.9. The number of nitrogens with one attached hydrogen (secondary N) is 1. The number of carboxylic acid groups (broad SMARTS) is 1. The maximum Gasteiger partial charge on any atom is 0.573 e. The molecule has 0 aliphatic rings. The number of hydrogen-bond acceptors (Lipinski definition) is 5. The molecule has 34 heavy (non-hydrogen) atoms. The van der Waals surface area contributed by atoms with Crippen LogP contribution in [0.4, 0.5) is 18.9 Å². The fourth-order valence-electron chi connectivity index (χ4n) is 3.06. The van der Waals surface area contributed by atoms with Gasteiger partial charge in [0.2, 0.25) is 0 Å². The smallest absolute Gasteiger partial charge is 0.478 e. The van der Waals surface area contributed by atoms with Gasteiger partial charge in [-0.2, -0.15) is 0 Å². The van der Waals surface area contributed by atoms with E-state index in [0.717, 1.165) is 11.0 Å². The van der Waals surface area contributed by atoms with Gasteiger partial charge in [-0.05, 0) is 66.1 Å². The molecule has 0 spiro atoms. The van der Waals surface area contributed by atoms with E-state index >= 15 is 0 Å². The molecule has 6 nitrogen and oxygen atoms in total. The minimum atomic E-state index is -4.76. The van der Waals surface area contributed by atoms with Gasteiger partial charge in [0.05, 0.1) is 10.5 Å². The Balaban J connectivity index is 1.66. The summed E-state index contributed by atoms with van der Waals surface area (Å²) >= 11 is 1.35. The Hall–Kier alpha value is -3.18. The first-order valence-corrected chi connectivity index (χ1v) is 12.4. The molecule has 0 atom stereocenters. The molecule has 0 heterocycles. The maximum absolute atomic E-state index is 12.7. The standard InChI is InChI=1S/C23H20F3NO5S2/c1-2-16-6-11-20(13-21(16)22(28)29)34(30,31)27-17-7-9-19(10-8-17)33-14-15-4-3-5-18(12-15)32-23(24,25)26/h3-13,27H,2,14H2,1H3,(H,28,29). The van der Waals surface area contributed by atoms with Crippen molar-refractivity contribution in [3.05, 3.63) is 83.4 Å². The molecular formula is C23H20F3NO5S2. The highest BCUT2D eigenvalue weighted by atomic mass is 32.2. The number of aromatic carboxylic acids is 1. The predicted octanol–water partition coefficient (Wildman–Crippen LogP) is 5.94. The Bertz CT molecular complexity index is 1280. The van der Waals surface area contributed by atoms with Gasteiger partial charge in [-0.3, -0.25) is 4.72 Å². The molecule has 0 amide bonds. The minimum Gasteiger partial charge on any atom is -0.478 e. The zero-order valence-corrected chi connectivity index (χ0v) is 19.4. The van der Waals surface area contributed by atoms with Crippen molar-refractivity contribution in [1.82, 2.24) is 0 Å². The number of carbonyl (C=O) groups is 1. The monoisotopic (exact) mass is 511 g/mol. The summed E-state index contributed by atoms with van der Waals surface area (Å²) in [4.78, 5) is 12.0. The van der Waals surface area contributed by atoms with Gasteiger partial charge in [0.15, 0.2) is 0 Å². The van der Waals surface area contributed by atoms with Crippen LogP contribution in [-0.2, 0) is 22.2 Å². The van der Waals surface area contributed by atoms with E-state index in [2.05, 4.69) is 9.46 Å². The first-order chi connectivity index (χ1) is 16.0. The van der Waals surface area contributed by atoms with Crippen LogP contribution in [0.3, 0.4) is 0 Å². The average molecular weight is 512 g/mol. The topological polar surface area (TPSA) is 92.7 Å². The first-order valence-electron chi connectivity index (χ1n) is 9.93. The summed E-state index contributed by atoms with van der Waals surface area (Å²) in [6, 6.07) is 16.1. The van der Waals surface area contributed by atoms with Gasteiger partial charge in [-0.1, -0.05) is 25.1 Å². The van der Waals surface area contributed by atoms with Crippen LogP contribution in [0.5, 0.6) is 5.75 Å².